The third kappa shape index (κ3) is 3.82. The van der Waals surface area contributed by atoms with Gasteiger partial charge in [-0.05, 0) is 32.0 Å². The molecule has 0 aliphatic carbocycles. The van der Waals surface area contributed by atoms with Crippen LogP contribution >= 0.6 is 0 Å². The normalized spacial score (nSPS) is 10.6. The van der Waals surface area contributed by atoms with Crippen LogP contribution in [0.5, 0.6) is 0 Å². The molecule has 4 nitrogen and oxygen atoms in total. The predicted molar refractivity (Wildman–Crippen MR) is 73.7 cm³/mol. The summed E-state index contributed by atoms with van der Waals surface area (Å²) in [7, 11) is 1.66. The molecule has 0 radical (unpaired) electrons. The molecule has 0 aromatic heterocycles. The van der Waals surface area contributed by atoms with E-state index in [9.17, 15) is 9.90 Å². The maximum atomic E-state index is 12.3. The van der Waals surface area contributed by atoms with E-state index in [0.29, 0.717) is 11.1 Å². The van der Waals surface area contributed by atoms with Crippen molar-refractivity contribution in [3.63, 3.8) is 0 Å². The molecule has 1 aromatic rings. The zero-order valence-corrected chi connectivity index (χ0v) is 11.5. The maximum absolute atomic E-state index is 12.3. The molecule has 2 N–H and O–H groups in total. The van der Waals surface area contributed by atoms with Crippen LogP contribution in [0.15, 0.2) is 24.3 Å². The molecule has 1 amide bonds. The SMILES string of the molecule is CN(C(=O)c1cccc(C#CCO)c1)C(C)(C)CO. The summed E-state index contributed by atoms with van der Waals surface area (Å²) in [6, 6.07) is 6.90. The lowest BCUT2D eigenvalue weighted by atomic mass is 10.0. The summed E-state index contributed by atoms with van der Waals surface area (Å²) in [4.78, 5) is 13.8. The molecule has 0 heterocycles. The second-order valence-electron chi connectivity index (χ2n) is 4.88. The molecule has 0 atom stereocenters. The van der Waals surface area contributed by atoms with Gasteiger partial charge < -0.3 is 15.1 Å². The quantitative estimate of drug-likeness (QED) is 0.794. The van der Waals surface area contributed by atoms with E-state index >= 15 is 0 Å². The summed E-state index contributed by atoms with van der Waals surface area (Å²) in [5, 5.41) is 17.9. The van der Waals surface area contributed by atoms with Gasteiger partial charge in [0.2, 0.25) is 0 Å². The van der Waals surface area contributed by atoms with Gasteiger partial charge in [-0.2, -0.15) is 0 Å². The zero-order valence-electron chi connectivity index (χ0n) is 11.5. The van der Waals surface area contributed by atoms with Gasteiger partial charge in [0.1, 0.15) is 6.61 Å². The molecule has 1 rings (SSSR count). The minimum atomic E-state index is -0.621. The Balaban J connectivity index is 3.00. The van der Waals surface area contributed by atoms with E-state index in [1.54, 1.807) is 45.2 Å². The van der Waals surface area contributed by atoms with Crippen LogP contribution in [-0.2, 0) is 0 Å². The average Bonchev–Trinajstić information content (AvgIpc) is 2.43. The number of amides is 1. The topological polar surface area (TPSA) is 60.8 Å². The van der Waals surface area contributed by atoms with Crippen molar-refractivity contribution >= 4 is 5.91 Å². The third-order valence-corrected chi connectivity index (χ3v) is 3.02. The molecule has 0 bridgehead atoms. The Labute approximate surface area is 113 Å². The van der Waals surface area contributed by atoms with Crippen molar-refractivity contribution in [3.8, 4) is 11.8 Å². The summed E-state index contributed by atoms with van der Waals surface area (Å²) in [6.07, 6.45) is 0. The molecule has 0 unspecified atom stereocenters. The summed E-state index contributed by atoms with van der Waals surface area (Å²) >= 11 is 0. The minimum absolute atomic E-state index is 0.112. The zero-order chi connectivity index (χ0) is 14.5. The van der Waals surface area contributed by atoms with Crippen LogP contribution in [0, 0.1) is 11.8 Å². The first kappa shape index (κ1) is 15.2. The first-order valence-electron chi connectivity index (χ1n) is 6.01. The van der Waals surface area contributed by atoms with Crippen molar-refractivity contribution < 1.29 is 15.0 Å². The van der Waals surface area contributed by atoms with Crippen molar-refractivity contribution in [2.45, 2.75) is 19.4 Å². The highest BCUT2D eigenvalue weighted by Gasteiger charge is 2.27. The van der Waals surface area contributed by atoms with Crippen LogP contribution < -0.4 is 0 Å². The van der Waals surface area contributed by atoms with Crippen molar-refractivity contribution in [2.75, 3.05) is 20.3 Å². The van der Waals surface area contributed by atoms with E-state index in [1.165, 1.54) is 4.90 Å². The maximum Gasteiger partial charge on any atom is 0.254 e. The molecule has 102 valence electrons. The second kappa shape index (κ2) is 6.37. The van der Waals surface area contributed by atoms with Gasteiger partial charge in [-0.15, -0.1) is 0 Å². The van der Waals surface area contributed by atoms with Crippen LogP contribution in [-0.4, -0.2) is 46.8 Å². The van der Waals surface area contributed by atoms with Gasteiger partial charge in [-0.1, -0.05) is 17.9 Å². The fourth-order valence-corrected chi connectivity index (χ4v) is 1.45. The number of nitrogens with zero attached hydrogens (tertiary/aromatic N) is 1. The Hall–Kier alpha value is -1.83. The second-order valence-corrected chi connectivity index (χ2v) is 4.88. The van der Waals surface area contributed by atoms with Gasteiger partial charge in [-0.3, -0.25) is 4.79 Å². The number of aliphatic hydroxyl groups is 2. The highest BCUT2D eigenvalue weighted by molar-refractivity contribution is 5.94. The smallest absolute Gasteiger partial charge is 0.254 e. The summed E-state index contributed by atoms with van der Waals surface area (Å²) in [6.45, 7) is 3.26. The van der Waals surface area contributed by atoms with Gasteiger partial charge in [0.25, 0.3) is 5.91 Å². The van der Waals surface area contributed by atoms with E-state index in [1.807, 2.05) is 0 Å². The lowest BCUT2D eigenvalue weighted by Crippen LogP contribution is -2.47. The predicted octanol–water partition coefficient (Wildman–Crippen LogP) is 0.873. The number of likely N-dealkylation sites (N-methyl/N-ethyl adjacent to an activating group) is 1. The van der Waals surface area contributed by atoms with Gasteiger partial charge >= 0.3 is 0 Å². The Bertz CT molecular complexity index is 512. The standard InChI is InChI=1S/C15H19NO3/c1-15(2,11-18)16(3)14(19)13-8-4-6-12(10-13)7-5-9-17/h4,6,8,10,17-18H,9,11H2,1-3H3. The Morgan fingerprint density at radius 2 is 2.05 bits per heavy atom. The fourth-order valence-electron chi connectivity index (χ4n) is 1.45. The van der Waals surface area contributed by atoms with E-state index in [-0.39, 0.29) is 19.1 Å². The van der Waals surface area contributed by atoms with E-state index in [4.69, 9.17) is 5.11 Å². The number of hydrogen-bond donors (Lipinski definition) is 2. The monoisotopic (exact) mass is 261 g/mol. The number of aliphatic hydroxyl groups excluding tert-OH is 2. The molecule has 0 fully saturated rings. The van der Waals surface area contributed by atoms with E-state index < -0.39 is 5.54 Å². The van der Waals surface area contributed by atoms with Crippen LogP contribution in [0.1, 0.15) is 29.8 Å². The Morgan fingerprint density at radius 3 is 2.63 bits per heavy atom. The largest absolute Gasteiger partial charge is 0.394 e. The van der Waals surface area contributed by atoms with Gasteiger partial charge in [0.05, 0.1) is 12.1 Å². The average molecular weight is 261 g/mol. The Kier molecular flexibility index (Phi) is 5.11. The van der Waals surface area contributed by atoms with Crippen LogP contribution in [0.2, 0.25) is 0 Å². The molecular formula is C15H19NO3. The third-order valence-electron chi connectivity index (χ3n) is 3.02. The van der Waals surface area contributed by atoms with Gasteiger partial charge in [0.15, 0.2) is 0 Å². The van der Waals surface area contributed by atoms with Crippen molar-refractivity contribution in [3.05, 3.63) is 35.4 Å². The number of hydrogen-bond acceptors (Lipinski definition) is 3. The first-order valence-corrected chi connectivity index (χ1v) is 6.01. The molecule has 1 aromatic carbocycles. The molecular weight excluding hydrogens is 242 g/mol. The molecule has 19 heavy (non-hydrogen) atoms. The van der Waals surface area contributed by atoms with E-state index in [0.717, 1.165) is 0 Å². The number of carbonyl (C=O) groups excluding carboxylic acids is 1. The van der Waals surface area contributed by atoms with Crippen LogP contribution in [0.25, 0.3) is 0 Å². The first-order chi connectivity index (χ1) is 8.92. The molecule has 0 aliphatic heterocycles. The fraction of sp³-hybridized carbons (Fsp3) is 0.400. The number of rotatable bonds is 3. The highest BCUT2D eigenvalue weighted by atomic mass is 16.3. The lowest BCUT2D eigenvalue weighted by Gasteiger charge is -2.34. The van der Waals surface area contributed by atoms with Crippen molar-refractivity contribution in [2.24, 2.45) is 0 Å². The lowest BCUT2D eigenvalue weighted by molar-refractivity contribution is 0.0473. The summed E-state index contributed by atoms with van der Waals surface area (Å²) in [5.41, 5.74) is 0.563. The van der Waals surface area contributed by atoms with Crippen LogP contribution in [0.3, 0.4) is 0 Å². The van der Waals surface area contributed by atoms with Crippen molar-refractivity contribution in [1.29, 1.82) is 0 Å². The number of benzene rings is 1. The molecule has 0 saturated carbocycles. The van der Waals surface area contributed by atoms with Crippen molar-refractivity contribution in [1.82, 2.24) is 4.90 Å². The summed E-state index contributed by atoms with van der Waals surface area (Å²) < 4.78 is 0. The van der Waals surface area contributed by atoms with Gasteiger partial charge in [-0.25, -0.2) is 0 Å². The van der Waals surface area contributed by atoms with Gasteiger partial charge in [0, 0.05) is 18.2 Å². The minimum Gasteiger partial charge on any atom is -0.394 e. The van der Waals surface area contributed by atoms with Crippen LogP contribution in [0.4, 0.5) is 0 Å². The molecule has 0 saturated heterocycles. The molecule has 0 aliphatic rings. The van der Waals surface area contributed by atoms with E-state index in [2.05, 4.69) is 11.8 Å². The molecule has 4 heteroatoms. The summed E-state index contributed by atoms with van der Waals surface area (Å²) in [5.74, 6) is 5.13. The number of carbonyl (C=O) groups is 1. The molecule has 0 spiro atoms. The Morgan fingerprint density at radius 1 is 1.37 bits per heavy atom. The highest BCUT2D eigenvalue weighted by Crippen LogP contribution is 2.16.